The highest BCUT2D eigenvalue weighted by atomic mass is 32.2. The number of amides is 1. The normalized spacial score (nSPS) is 18.7. The first-order valence-corrected chi connectivity index (χ1v) is 15.1. The summed E-state index contributed by atoms with van der Waals surface area (Å²) in [5, 5.41) is 7.31. The highest BCUT2D eigenvalue weighted by molar-refractivity contribution is 7.93. The fourth-order valence-corrected chi connectivity index (χ4v) is 6.69. The molecule has 1 aromatic carbocycles. The summed E-state index contributed by atoms with van der Waals surface area (Å²) in [7, 11) is -1.27. The van der Waals surface area contributed by atoms with E-state index >= 15 is 0 Å². The molecule has 0 unspecified atom stereocenters. The third kappa shape index (κ3) is 5.45. The molecule has 2 aliphatic rings. The zero-order chi connectivity index (χ0) is 30.1. The number of rotatable bonds is 9. The predicted octanol–water partition coefficient (Wildman–Crippen LogP) is 2.34. The number of aromatic nitrogens is 5. The number of nitrogens with one attached hydrogen (secondary N) is 1. The highest BCUT2D eigenvalue weighted by Gasteiger charge is 2.42. The third-order valence-electron chi connectivity index (χ3n) is 7.52. The Balaban J connectivity index is 1.39. The number of sulfonamides is 1. The Hall–Kier alpha value is -4.73. The molecule has 14 nitrogen and oxygen atoms in total. The second kappa shape index (κ2) is 11.5. The lowest BCUT2D eigenvalue weighted by Crippen LogP contribution is -2.55. The molecule has 5 heterocycles. The van der Waals surface area contributed by atoms with E-state index in [1.54, 1.807) is 40.1 Å². The SMILES string of the molecule is COc1cccc(OC)c1-n1c(NS(=O)(=O)[C@@H]2C[C@H](C(=O)N3CCC3)CN(c3ncc(F)cn3)C2)nnc1-c1ccco1. The minimum atomic E-state index is -4.22. The van der Waals surface area contributed by atoms with Gasteiger partial charge in [-0.1, -0.05) is 6.07 Å². The molecule has 6 rings (SSSR count). The van der Waals surface area contributed by atoms with Crippen molar-refractivity contribution in [3.05, 3.63) is 54.8 Å². The number of ether oxygens (including phenoxy) is 2. The van der Waals surface area contributed by atoms with E-state index in [1.165, 1.54) is 25.0 Å². The number of methoxy groups -OCH3 is 2. The summed E-state index contributed by atoms with van der Waals surface area (Å²) in [5.74, 6) is -0.173. The van der Waals surface area contributed by atoms with Gasteiger partial charge in [0.05, 0.1) is 44.0 Å². The summed E-state index contributed by atoms with van der Waals surface area (Å²) in [6, 6.07) is 8.44. The van der Waals surface area contributed by atoms with Gasteiger partial charge in [-0.3, -0.25) is 14.1 Å². The molecule has 0 bridgehead atoms. The summed E-state index contributed by atoms with van der Waals surface area (Å²) in [6.45, 7) is 1.40. The second-order valence-corrected chi connectivity index (χ2v) is 12.1. The molecule has 16 heteroatoms. The van der Waals surface area contributed by atoms with Gasteiger partial charge >= 0.3 is 0 Å². The molecule has 0 radical (unpaired) electrons. The number of anilines is 2. The molecule has 226 valence electrons. The Morgan fingerprint density at radius 3 is 2.37 bits per heavy atom. The zero-order valence-electron chi connectivity index (χ0n) is 23.4. The maximum absolute atomic E-state index is 14.1. The summed E-state index contributed by atoms with van der Waals surface area (Å²) < 4.78 is 62.5. The lowest BCUT2D eigenvalue weighted by atomic mass is 9.95. The number of furan rings is 1. The van der Waals surface area contributed by atoms with Crippen LogP contribution in [-0.2, 0) is 14.8 Å². The molecule has 2 saturated heterocycles. The molecule has 43 heavy (non-hydrogen) atoms. The molecule has 1 N–H and O–H groups in total. The molecular weight excluding hydrogens is 583 g/mol. The van der Waals surface area contributed by atoms with Crippen molar-refractivity contribution < 1.29 is 31.5 Å². The first kappa shape index (κ1) is 28.4. The summed E-state index contributed by atoms with van der Waals surface area (Å²) in [5.41, 5.74) is 0.345. The van der Waals surface area contributed by atoms with Gasteiger partial charge in [0.2, 0.25) is 33.7 Å². The molecular formula is C27H29FN8O6S. The Bertz CT molecular complexity index is 1690. The number of benzene rings is 1. The van der Waals surface area contributed by atoms with Crippen LogP contribution in [0.25, 0.3) is 17.3 Å². The van der Waals surface area contributed by atoms with Crippen LogP contribution in [0.15, 0.2) is 53.4 Å². The van der Waals surface area contributed by atoms with Gasteiger partial charge in [0.1, 0.15) is 17.2 Å². The Kier molecular flexibility index (Phi) is 7.60. The van der Waals surface area contributed by atoms with E-state index in [1.807, 2.05) is 0 Å². The average molecular weight is 613 g/mol. The first-order chi connectivity index (χ1) is 20.8. The number of nitrogens with zero attached hydrogens (tertiary/aromatic N) is 7. The van der Waals surface area contributed by atoms with Gasteiger partial charge in [-0.2, -0.15) is 0 Å². The smallest absolute Gasteiger partial charge is 0.243 e. The standard InChI is InChI=1S/C27H29FN8O6S/c1-40-20-6-3-7-21(41-2)23(20)36-24(22-8-4-11-42-22)31-32-27(36)33-43(38,39)19-12-17(25(37)34-9-5-10-34)15-35(16-19)26-29-13-18(28)14-30-26/h3-4,6-8,11,13-14,17,19H,5,9-10,12,15-16H2,1-2H3,(H,32,33)/t17-,19+/m0/s1. The van der Waals surface area contributed by atoms with Crippen molar-refractivity contribution in [2.24, 2.45) is 5.92 Å². The van der Waals surface area contributed by atoms with Crippen LogP contribution in [0.5, 0.6) is 11.5 Å². The fourth-order valence-electron chi connectivity index (χ4n) is 5.27. The van der Waals surface area contributed by atoms with E-state index in [9.17, 15) is 17.6 Å². The monoisotopic (exact) mass is 612 g/mol. The molecule has 0 spiro atoms. The second-order valence-electron chi connectivity index (χ2n) is 10.2. The molecule has 0 saturated carbocycles. The number of likely N-dealkylation sites (tertiary alicyclic amines) is 1. The van der Waals surface area contributed by atoms with Crippen LogP contribution in [0.4, 0.5) is 16.3 Å². The van der Waals surface area contributed by atoms with Gasteiger partial charge in [-0.05, 0) is 37.1 Å². The van der Waals surface area contributed by atoms with E-state index in [2.05, 4.69) is 24.9 Å². The lowest BCUT2D eigenvalue weighted by molar-refractivity contribution is -0.139. The van der Waals surface area contributed by atoms with Gasteiger partial charge in [0.15, 0.2) is 11.6 Å². The maximum Gasteiger partial charge on any atom is 0.243 e. The topological polar surface area (TPSA) is 158 Å². The first-order valence-electron chi connectivity index (χ1n) is 13.5. The molecule has 4 aromatic rings. The Labute approximate surface area is 246 Å². The number of hydrogen-bond acceptors (Lipinski definition) is 11. The number of carbonyl (C=O) groups excluding carboxylic acids is 1. The number of carbonyl (C=O) groups is 1. The van der Waals surface area contributed by atoms with E-state index in [4.69, 9.17) is 13.9 Å². The van der Waals surface area contributed by atoms with Crippen LogP contribution in [-0.4, -0.2) is 89.6 Å². The van der Waals surface area contributed by atoms with Crippen molar-refractivity contribution in [2.45, 2.75) is 18.1 Å². The van der Waals surface area contributed by atoms with Gasteiger partial charge < -0.3 is 23.7 Å². The number of halogens is 1. The van der Waals surface area contributed by atoms with Crippen molar-refractivity contribution in [1.82, 2.24) is 29.6 Å². The van der Waals surface area contributed by atoms with Crippen LogP contribution in [0, 0.1) is 11.7 Å². The number of hydrogen-bond donors (Lipinski definition) is 1. The van der Waals surface area contributed by atoms with Crippen molar-refractivity contribution >= 4 is 27.8 Å². The van der Waals surface area contributed by atoms with Crippen molar-refractivity contribution in [3.63, 3.8) is 0 Å². The van der Waals surface area contributed by atoms with E-state index in [0.717, 1.165) is 18.8 Å². The lowest BCUT2D eigenvalue weighted by Gasteiger charge is -2.40. The van der Waals surface area contributed by atoms with E-state index < -0.39 is 27.0 Å². The average Bonchev–Trinajstić information content (AvgIpc) is 3.66. The fraction of sp³-hybridized carbons (Fsp3) is 0.370. The Morgan fingerprint density at radius 1 is 1.05 bits per heavy atom. The van der Waals surface area contributed by atoms with Crippen LogP contribution in [0.1, 0.15) is 12.8 Å². The van der Waals surface area contributed by atoms with Gasteiger partial charge in [-0.15, -0.1) is 10.2 Å². The van der Waals surface area contributed by atoms with Crippen LogP contribution >= 0.6 is 0 Å². The van der Waals surface area contributed by atoms with Gasteiger partial charge in [0.25, 0.3) is 0 Å². The number of para-hydroxylation sites is 1. The molecule has 2 fully saturated rings. The van der Waals surface area contributed by atoms with Crippen LogP contribution in [0.2, 0.25) is 0 Å². The summed E-state index contributed by atoms with van der Waals surface area (Å²) in [6.07, 6.45) is 4.42. The van der Waals surface area contributed by atoms with Gasteiger partial charge in [-0.25, -0.2) is 22.8 Å². The highest BCUT2D eigenvalue weighted by Crippen LogP contribution is 2.38. The van der Waals surface area contributed by atoms with Crippen molar-refractivity contribution in [1.29, 1.82) is 0 Å². The van der Waals surface area contributed by atoms with Crippen molar-refractivity contribution in [2.75, 3.05) is 50.0 Å². The Morgan fingerprint density at radius 2 is 1.77 bits per heavy atom. The minimum absolute atomic E-state index is 0.0398. The molecule has 3 aromatic heterocycles. The summed E-state index contributed by atoms with van der Waals surface area (Å²) >= 11 is 0. The molecule has 1 amide bonds. The molecule has 2 aliphatic heterocycles. The van der Waals surface area contributed by atoms with Crippen LogP contribution in [0.3, 0.4) is 0 Å². The van der Waals surface area contributed by atoms with Crippen LogP contribution < -0.4 is 19.1 Å². The zero-order valence-corrected chi connectivity index (χ0v) is 24.2. The minimum Gasteiger partial charge on any atom is -0.494 e. The number of piperidine rings is 1. The third-order valence-corrected chi connectivity index (χ3v) is 9.21. The quantitative estimate of drug-likeness (QED) is 0.296. The molecule has 0 aliphatic carbocycles. The predicted molar refractivity (Wildman–Crippen MR) is 152 cm³/mol. The summed E-state index contributed by atoms with van der Waals surface area (Å²) in [4.78, 5) is 24.6. The maximum atomic E-state index is 14.1. The van der Waals surface area contributed by atoms with Gasteiger partial charge in [0, 0.05) is 26.2 Å². The van der Waals surface area contributed by atoms with E-state index in [-0.39, 0.29) is 43.1 Å². The largest absolute Gasteiger partial charge is 0.494 e. The molecule has 2 atom stereocenters. The van der Waals surface area contributed by atoms with E-state index in [0.29, 0.717) is 36.0 Å². The van der Waals surface area contributed by atoms with Crippen molar-refractivity contribution in [3.8, 4) is 28.8 Å².